The van der Waals surface area contributed by atoms with E-state index in [0.29, 0.717) is 29.9 Å². The summed E-state index contributed by atoms with van der Waals surface area (Å²) in [6.07, 6.45) is 0. The van der Waals surface area contributed by atoms with Crippen LogP contribution in [0.15, 0.2) is 75.9 Å². The Kier molecular flexibility index (Phi) is 6.86. The van der Waals surface area contributed by atoms with Gasteiger partial charge in [-0.1, -0.05) is 36.4 Å². The maximum absolute atomic E-state index is 15.7. The number of aromatic amines is 1. The summed E-state index contributed by atoms with van der Waals surface area (Å²) in [5, 5.41) is 15.4. The van der Waals surface area contributed by atoms with Gasteiger partial charge in [-0.25, -0.2) is 23.5 Å². The van der Waals surface area contributed by atoms with E-state index in [2.05, 4.69) is 26.0 Å². The number of hydrogen-bond donors (Lipinski definition) is 1. The summed E-state index contributed by atoms with van der Waals surface area (Å²) in [6, 6.07) is 20.8. The van der Waals surface area contributed by atoms with Crippen molar-refractivity contribution in [2.75, 3.05) is 13.1 Å². The van der Waals surface area contributed by atoms with Crippen molar-refractivity contribution in [2.45, 2.75) is 31.5 Å². The lowest BCUT2D eigenvalue weighted by Gasteiger charge is -2.50. The highest BCUT2D eigenvalue weighted by Gasteiger charge is 2.45. The second-order valence-electron chi connectivity index (χ2n) is 10.3. The summed E-state index contributed by atoms with van der Waals surface area (Å²) in [5.41, 5.74) is 1.96. The first-order valence-corrected chi connectivity index (χ1v) is 12.4. The fraction of sp³-hybridized carbons (Fsp3) is 0.267. The number of nitrogens with one attached hydrogen (secondary N) is 1. The Labute approximate surface area is 224 Å². The number of halogens is 2. The molecule has 0 bridgehead atoms. The van der Waals surface area contributed by atoms with Gasteiger partial charge in [0.05, 0.1) is 24.2 Å². The van der Waals surface area contributed by atoms with Crippen LogP contribution in [0, 0.1) is 29.6 Å². The van der Waals surface area contributed by atoms with E-state index >= 15 is 4.39 Å². The molecule has 1 aromatic heterocycles. The summed E-state index contributed by atoms with van der Waals surface area (Å²) < 4.78 is 35.4. The first-order chi connectivity index (χ1) is 18.7. The molecule has 2 atom stereocenters. The van der Waals surface area contributed by atoms with Gasteiger partial charge >= 0.3 is 5.76 Å². The molecule has 0 spiro atoms. The lowest BCUT2D eigenvalue weighted by Crippen LogP contribution is -2.53. The van der Waals surface area contributed by atoms with Crippen LogP contribution in [0.4, 0.5) is 14.5 Å². The number of rotatable bonds is 7. The van der Waals surface area contributed by atoms with Gasteiger partial charge < -0.3 is 4.42 Å². The van der Waals surface area contributed by atoms with E-state index in [-0.39, 0.29) is 23.4 Å². The van der Waals surface area contributed by atoms with Crippen molar-refractivity contribution < 1.29 is 13.2 Å². The molecule has 3 aromatic carbocycles. The van der Waals surface area contributed by atoms with Gasteiger partial charge in [0, 0.05) is 24.6 Å². The Morgan fingerprint density at radius 1 is 1.13 bits per heavy atom. The van der Waals surface area contributed by atoms with Gasteiger partial charge in [0.25, 0.3) is 0 Å². The molecule has 1 N–H and O–H groups in total. The minimum Gasteiger partial charge on any atom is -0.388 e. The van der Waals surface area contributed by atoms with Crippen LogP contribution in [0.5, 0.6) is 0 Å². The molecule has 2 heterocycles. The van der Waals surface area contributed by atoms with Gasteiger partial charge in [0.1, 0.15) is 11.5 Å². The van der Waals surface area contributed by atoms with E-state index in [9.17, 15) is 14.4 Å². The van der Waals surface area contributed by atoms with Crippen LogP contribution in [0.3, 0.4) is 0 Å². The molecular weight excluding hydrogens is 500 g/mol. The number of benzene rings is 3. The summed E-state index contributed by atoms with van der Waals surface area (Å²) in [6.45, 7) is 11.3. The van der Waals surface area contributed by atoms with Gasteiger partial charge in [-0.2, -0.15) is 5.26 Å². The number of nitrogens with zero attached hydrogens (tertiary/aromatic N) is 4. The largest absolute Gasteiger partial charge is 0.434 e. The fourth-order valence-electron chi connectivity index (χ4n) is 5.59. The maximum Gasteiger partial charge on any atom is 0.434 e. The average Bonchev–Trinajstić information content (AvgIpc) is 3.33. The van der Waals surface area contributed by atoms with Crippen LogP contribution in [-0.4, -0.2) is 33.9 Å². The van der Waals surface area contributed by atoms with Gasteiger partial charge in [-0.3, -0.25) is 4.90 Å². The molecule has 196 valence electrons. The van der Waals surface area contributed by atoms with E-state index in [1.807, 2.05) is 30.3 Å². The highest BCUT2D eigenvalue weighted by molar-refractivity contribution is 5.55. The molecule has 9 heteroatoms. The number of H-pyrrole nitrogens is 1. The number of hydrogen-bond acceptors (Lipinski definition) is 5. The standard InChI is InChI=1S/C30H25F2N5O2/c1-30(2,32)26(21-12-22(14-24(31)13-21)28-35-36-29(38)39-28)23-16-37(17-23)27(19-7-9-25(34-3)10-8-19)20-6-4-5-18(11-20)15-33/h4-14,23,26-27H,16-17H2,1-2H3,(H,36,38)/t26-,27?/m1/s1. The first kappa shape index (κ1) is 26.0. The van der Waals surface area contributed by atoms with Crippen LogP contribution in [0.1, 0.15) is 48.1 Å². The van der Waals surface area contributed by atoms with Gasteiger partial charge in [-0.15, -0.1) is 5.10 Å². The molecule has 1 fully saturated rings. The number of nitriles is 1. The molecule has 4 aromatic rings. The minimum absolute atomic E-state index is 0.0632. The highest BCUT2D eigenvalue weighted by atomic mass is 19.1. The second kappa shape index (κ2) is 10.3. The minimum atomic E-state index is -1.68. The summed E-state index contributed by atoms with van der Waals surface area (Å²) in [5.74, 6) is -2.19. The molecule has 1 unspecified atom stereocenters. The van der Waals surface area contributed by atoms with Crippen LogP contribution >= 0.6 is 0 Å². The fourth-order valence-corrected chi connectivity index (χ4v) is 5.59. The third-order valence-corrected chi connectivity index (χ3v) is 7.15. The normalized spacial score (nSPS) is 15.6. The van der Waals surface area contributed by atoms with E-state index in [1.54, 1.807) is 24.3 Å². The molecule has 5 rings (SSSR count). The zero-order chi connectivity index (χ0) is 27.7. The number of alkyl halides is 1. The third-order valence-electron chi connectivity index (χ3n) is 7.15. The number of likely N-dealkylation sites (tertiary alicyclic amines) is 1. The molecule has 1 aliphatic rings. The van der Waals surface area contributed by atoms with E-state index in [4.69, 9.17) is 11.0 Å². The van der Waals surface area contributed by atoms with Gasteiger partial charge in [-0.05, 0) is 66.8 Å². The Morgan fingerprint density at radius 3 is 2.49 bits per heavy atom. The van der Waals surface area contributed by atoms with Crippen LogP contribution < -0.4 is 5.76 Å². The van der Waals surface area contributed by atoms with Crippen molar-refractivity contribution in [3.8, 4) is 17.5 Å². The molecule has 39 heavy (non-hydrogen) atoms. The topological polar surface area (TPSA) is 90.3 Å². The van der Waals surface area contributed by atoms with E-state index in [0.717, 1.165) is 11.1 Å². The SMILES string of the molecule is [C-]#[N+]c1ccc(C(c2cccc(C#N)c2)N2CC([C@@H](c3cc(F)cc(-c4n[nH]c(=O)o4)c3)C(C)(C)F)C2)cc1. The summed E-state index contributed by atoms with van der Waals surface area (Å²) in [7, 11) is 0. The zero-order valence-corrected chi connectivity index (χ0v) is 21.4. The molecule has 0 aliphatic carbocycles. The molecule has 0 amide bonds. The lowest BCUT2D eigenvalue weighted by atomic mass is 9.72. The van der Waals surface area contributed by atoms with Crippen molar-refractivity contribution in [3.63, 3.8) is 0 Å². The van der Waals surface area contributed by atoms with Crippen LogP contribution in [-0.2, 0) is 0 Å². The Bertz CT molecular complexity index is 1630. The van der Waals surface area contributed by atoms with Crippen molar-refractivity contribution in [1.29, 1.82) is 5.26 Å². The molecule has 7 nitrogen and oxygen atoms in total. The molecular formula is C30H25F2N5O2. The quantitative estimate of drug-likeness (QED) is 0.293. The van der Waals surface area contributed by atoms with Gasteiger partial charge in [0.15, 0.2) is 5.69 Å². The molecule has 1 saturated heterocycles. The Morgan fingerprint density at radius 2 is 1.87 bits per heavy atom. The van der Waals surface area contributed by atoms with E-state index in [1.165, 1.54) is 26.0 Å². The van der Waals surface area contributed by atoms with Crippen molar-refractivity contribution in [1.82, 2.24) is 15.1 Å². The van der Waals surface area contributed by atoms with Crippen LogP contribution in [0.25, 0.3) is 16.3 Å². The molecule has 0 saturated carbocycles. The first-order valence-electron chi connectivity index (χ1n) is 12.4. The highest BCUT2D eigenvalue weighted by Crippen LogP contribution is 2.46. The van der Waals surface area contributed by atoms with Crippen molar-refractivity contribution in [3.05, 3.63) is 117 Å². The Balaban J connectivity index is 1.48. The van der Waals surface area contributed by atoms with Crippen molar-refractivity contribution >= 4 is 5.69 Å². The summed E-state index contributed by atoms with van der Waals surface area (Å²) >= 11 is 0. The van der Waals surface area contributed by atoms with Gasteiger partial charge in [0.2, 0.25) is 5.89 Å². The predicted octanol–water partition coefficient (Wildman–Crippen LogP) is 6.14. The smallest absolute Gasteiger partial charge is 0.388 e. The zero-order valence-electron chi connectivity index (χ0n) is 21.4. The summed E-state index contributed by atoms with van der Waals surface area (Å²) in [4.78, 5) is 17.1. The lowest BCUT2D eigenvalue weighted by molar-refractivity contribution is 0.00814. The monoisotopic (exact) mass is 525 g/mol. The number of aromatic nitrogens is 2. The second-order valence-corrected chi connectivity index (χ2v) is 10.3. The third kappa shape index (κ3) is 5.36. The molecule has 0 radical (unpaired) electrons. The molecule has 1 aliphatic heterocycles. The average molecular weight is 526 g/mol. The predicted molar refractivity (Wildman–Crippen MR) is 141 cm³/mol. The van der Waals surface area contributed by atoms with Crippen molar-refractivity contribution in [2.24, 2.45) is 5.92 Å². The maximum atomic E-state index is 15.7. The Hall–Kier alpha value is -4.60. The van der Waals surface area contributed by atoms with Crippen LogP contribution in [0.2, 0.25) is 0 Å². The van der Waals surface area contributed by atoms with E-state index < -0.39 is 23.2 Å².